The highest BCUT2D eigenvalue weighted by atomic mass is 127. The Hall–Kier alpha value is -0.850. The van der Waals surface area contributed by atoms with Gasteiger partial charge in [-0.05, 0) is 12.1 Å². The average molecular weight is 279 g/mol. The van der Waals surface area contributed by atoms with E-state index in [0.29, 0.717) is 5.75 Å². The Kier molecular flexibility index (Phi) is 3.27. The first-order valence-electron chi connectivity index (χ1n) is 3.11. The molecule has 12 heavy (non-hydrogen) atoms. The Morgan fingerprint density at radius 3 is 2.75 bits per heavy atom. The number of carbonyl (C=O) groups is 1. The monoisotopic (exact) mass is 279 g/mol. The molecular formula is C7H6INO3. The summed E-state index contributed by atoms with van der Waals surface area (Å²) in [7, 11) is 1.31. The average Bonchev–Trinajstić information content (AvgIpc) is 2.17. The first-order chi connectivity index (χ1) is 5.77. The molecular weight excluding hydrogens is 273 g/mol. The van der Waals surface area contributed by atoms with Crippen molar-refractivity contribution in [2.45, 2.75) is 0 Å². The minimum atomic E-state index is -0.449. The lowest BCUT2D eigenvalue weighted by atomic mass is 10.3. The molecule has 0 fully saturated rings. The fourth-order valence-electron chi connectivity index (χ4n) is 0.651. The van der Waals surface area contributed by atoms with Crippen LogP contribution in [-0.2, 0) is 4.74 Å². The molecule has 64 valence electrons. The second-order valence-electron chi connectivity index (χ2n) is 1.95. The van der Waals surface area contributed by atoms with Gasteiger partial charge in [0.25, 0.3) is 0 Å². The van der Waals surface area contributed by atoms with Crippen LogP contribution in [-0.4, -0.2) is 18.1 Å². The highest BCUT2D eigenvalue weighted by Crippen LogP contribution is 2.11. The van der Waals surface area contributed by atoms with E-state index in [-0.39, 0.29) is 5.69 Å². The van der Waals surface area contributed by atoms with E-state index in [9.17, 15) is 4.79 Å². The molecule has 0 spiro atoms. The van der Waals surface area contributed by atoms with E-state index < -0.39 is 5.97 Å². The van der Waals surface area contributed by atoms with Crippen molar-refractivity contribution < 1.29 is 12.6 Å². The maximum absolute atomic E-state index is 10.9. The summed E-state index contributed by atoms with van der Waals surface area (Å²) in [6.07, 6.45) is 1.46. The van der Waals surface area contributed by atoms with Crippen LogP contribution in [0, 0.1) is 0 Å². The third kappa shape index (κ3) is 2.07. The van der Waals surface area contributed by atoms with Gasteiger partial charge in [-0.2, -0.15) is 0 Å². The Labute approximate surface area is 83.6 Å². The van der Waals surface area contributed by atoms with Gasteiger partial charge in [0, 0.05) is 0 Å². The van der Waals surface area contributed by atoms with E-state index in [2.05, 4.69) is 9.72 Å². The third-order valence-corrected chi connectivity index (χ3v) is 1.73. The summed E-state index contributed by atoms with van der Waals surface area (Å²) in [5.41, 5.74) is 0.273. The van der Waals surface area contributed by atoms with E-state index in [1.54, 1.807) is 35.1 Å². The molecule has 0 atom stereocenters. The van der Waals surface area contributed by atoms with Crippen molar-refractivity contribution in [3.8, 4) is 5.75 Å². The standard InChI is InChI=1S/C7H6INO3/c1-11-7(10)6-3-2-5(12-8)4-9-6/h2-4H,1H3. The van der Waals surface area contributed by atoms with Crippen LogP contribution in [0.2, 0.25) is 0 Å². The SMILES string of the molecule is COC(=O)c1ccc(OI)cn1. The van der Waals surface area contributed by atoms with Crippen LogP contribution < -0.4 is 3.07 Å². The van der Waals surface area contributed by atoms with Crippen LogP contribution in [0.5, 0.6) is 5.75 Å². The molecule has 0 N–H and O–H groups in total. The van der Waals surface area contributed by atoms with Crippen molar-refractivity contribution in [2.24, 2.45) is 0 Å². The summed E-state index contributed by atoms with van der Waals surface area (Å²) in [5.74, 6) is 0.151. The van der Waals surface area contributed by atoms with Crippen molar-refractivity contribution in [1.82, 2.24) is 4.98 Å². The fourth-order valence-corrected chi connectivity index (χ4v) is 0.912. The number of hydrogen-bond acceptors (Lipinski definition) is 4. The second kappa shape index (κ2) is 4.24. The lowest BCUT2D eigenvalue weighted by molar-refractivity contribution is 0.0594. The lowest BCUT2D eigenvalue weighted by Gasteiger charge is -1.98. The van der Waals surface area contributed by atoms with Gasteiger partial charge in [-0.25, -0.2) is 9.78 Å². The minimum Gasteiger partial charge on any atom is -0.464 e. The van der Waals surface area contributed by atoms with E-state index in [0.717, 1.165) is 0 Å². The molecule has 0 amide bonds. The zero-order valence-corrected chi connectivity index (χ0v) is 8.44. The van der Waals surface area contributed by atoms with Crippen molar-refractivity contribution in [3.05, 3.63) is 24.0 Å². The number of rotatable bonds is 2. The Balaban J connectivity index is 2.84. The molecule has 1 heterocycles. The zero-order chi connectivity index (χ0) is 8.97. The van der Waals surface area contributed by atoms with Crippen molar-refractivity contribution >= 4 is 29.0 Å². The van der Waals surface area contributed by atoms with Gasteiger partial charge in [0.05, 0.1) is 13.3 Å². The van der Waals surface area contributed by atoms with Crippen LogP contribution in [0.25, 0.3) is 0 Å². The van der Waals surface area contributed by atoms with Crippen LogP contribution >= 0.6 is 23.0 Å². The number of ether oxygens (including phenoxy) is 1. The molecule has 1 aromatic rings. The van der Waals surface area contributed by atoms with Gasteiger partial charge in [0.1, 0.15) is 5.69 Å². The number of aromatic nitrogens is 1. The maximum Gasteiger partial charge on any atom is 0.356 e. The minimum absolute atomic E-state index is 0.273. The number of methoxy groups -OCH3 is 1. The van der Waals surface area contributed by atoms with Crippen LogP contribution in [0.3, 0.4) is 0 Å². The zero-order valence-electron chi connectivity index (χ0n) is 6.28. The number of hydrogen-bond donors (Lipinski definition) is 0. The molecule has 0 aliphatic rings. The van der Waals surface area contributed by atoms with Crippen LogP contribution in [0.15, 0.2) is 18.3 Å². The van der Waals surface area contributed by atoms with Gasteiger partial charge >= 0.3 is 5.97 Å². The Morgan fingerprint density at radius 1 is 1.58 bits per heavy atom. The van der Waals surface area contributed by atoms with E-state index in [4.69, 9.17) is 3.07 Å². The molecule has 4 nitrogen and oxygen atoms in total. The van der Waals surface area contributed by atoms with Gasteiger partial charge in [0.2, 0.25) is 0 Å². The highest BCUT2D eigenvalue weighted by molar-refractivity contribution is 14.1. The number of halogens is 1. The molecule has 0 aromatic carbocycles. The number of esters is 1. The molecule has 0 bridgehead atoms. The summed E-state index contributed by atoms with van der Waals surface area (Å²) in [6.45, 7) is 0. The molecule has 0 aliphatic heterocycles. The number of carbonyl (C=O) groups excluding carboxylic acids is 1. The van der Waals surface area contributed by atoms with Crippen LogP contribution in [0.4, 0.5) is 0 Å². The number of nitrogens with zero attached hydrogens (tertiary/aromatic N) is 1. The molecule has 1 aromatic heterocycles. The molecule has 0 aliphatic carbocycles. The molecule has 5 heteroatoms. The normalized spacial score (nSPS) is 9.17. The molecule has 0 saturated heterocycles. The van der Waals surface area contributed by atoms with Gasteiger partial charge in [-0.15, -0.1) is 0 Å². The first kappa shape index (κ1) is 9.24. The van der Waals surface area contributed by atoms with Gasteiger partial charge in [-0.1, -0.05) is 0 Å². The topological polar surface area (TPSA) is 48.4 Å². The third-order valence-electron chi connectivity index (χ3n) is 1.22. The summed E-state index contributed by atoms with van der Waals surface area (Å²) >= 11 is 1.74. The molecule has 0 radical (unpaired) electrons. The predicted octanol–water partition coefficient (Wildman–Crippen LogP) is 1.60. The lowest BCUT2D eigenvalue weighted by Crippen LogP contribution is -2.03. The number of pyridine rings is 1. The molecule has 0 saturated carbocycles. The largest absolute Gasteiger partial charge is 0.464 e. The summed E-state index contributed by atoms with van der Waals surface area (Å²) < 4.78 is 9.30. The van der Waals surface area contributed by atoms with Crippen molar-refractivity contribution in [2.75, 3.05) is 7.11 Å². The molecule has 0 unspecified atom stereocenters. The van der Waals surface area contributed by atoms with E-state index in [1.807, 2.05) is 0 Å². The summed E-state index contributed by atoms with van der Waals surface area (Å²) in [6, 6.07) is 3.19. The maximum atomic E-state index is 10.9. The Bertz CT molecular complexity index is 272. The Morgan fingerprint density at radius 2 is 2.33 bits per heavy atom. The predicted molar refractivity (Wildman–Crippen MR) is 50.2 cm³/mol. The quantitative estimate of drug-likeness (QED) is 0.609. The fraction of sp³-hybridized carbons (Fsp3) is 0.143. The van der Waals surface area contributed by atoms with Crippen LogP contribution in [0.1, 0.15) is 10.5 Å². The van der Waals surface area contributed by atoms with Crippen molar-refractivity contribution in [1.29, 1.82) is 0 Å². The van der Waals surface area contributed by atoms with Gasteiger partial charge in [-0.3, -0.25) is 0 Å². The van der Waals surface area contributed by atoms with E-state index in [1.165, 1.54) is 13.3 Å². The van der Waals surface area contributed by atoms with Gasteiger partial charge in [0.15, 0.2) is 28.8 Å². The molecule has 1 rings (SSSR count). The van der Waals surface area contributed by atoms with Gasteiger partial charge < -0.3 is 7.80 Å². The van der Waals surface area contributed by atoms with Crippen molar-refractivity contribution in [3.63, 3.8) is 0 Å². The second-order valence-corrected chi connectivity index (χ2v) is 2.39. The highest BCUT2D eigenvalue weighted by Gasteiger charge is 2.05. The van der Waals surface area contributed by atoms with E-state index >= 15 is 0 Å². The smallest absolute Gasteiger partial charge is 0.356 e. The first-order valence-corrected chi connectivity index (χ1v) is 3.99. The summed E-state index contributed by atoms with van der Waals surface area (Å²) in [5, 5.41) is 0. The summed E-state index contributed by atoms with van der Waals surface area (Å²) in [4.78, 5) is 14.7.